The van der Waals surface area contributed by atoms with Crippen LogP contribution in [0.4, 0.5) is 5.69 Å². The van der Waals surface area contributed by atoms with E-state index in [0.717, 1.165) is 37.7 Å². The van der Waals surface area contributed by atoms with Crippen LogP contribution in [0, 0.1) is 18.3 Å². The van der Waals surface area contributed by atoms with Crippen molar-refractivity contribution in [1.29, 1.82) is 5.26 Å². The quantitative estimate of drug-likeness (QED) is 0.864. The highest BCUT2D eigenvalue weighted by Crippen LogP contribution is 2.25. The maximum absolute atomic E-state index is 9.25. The number of nitriles is 1. The summed E-state index contributed by atoms with van der Waals surface area (Å²) in [5.74, 6) is 1.31. The SMILES string of the molecule is Cc1nc(CN2CCN(c3ccc(Cl)cc3C#N)CC2)no1. The van der Waals surface area contributed by atoms with Crippen molar-refractivity contribution in [3.05, 3.63) is 40.5 Å². The first-order chi connectivity index (χ1) is 10.7. The lowest BCUT2D eigenvalue weighted by molar-refractivity contribution is 0.240. The number of nitrogens with zero attached hydrogens (tertiary/aromatic N) is 5. The van der Waals surface area contributed by atoms with Gasteiger partial charge in [-0.1, -0.05) is 16.8 Å². The minimum atomic E-state index is 0.589. The number of halogens is 1. The highest BCUT2D eigenvalue weighted by atomic mass is 35.5. The second kappa shape index (κ2) is 6.34. The molecule has 7 heteroatoms. The molecule has 0 amide bonds. The number of anilines is 1. The van der Waals surface area contributed by atoms with E-state index in [0.29, 0.717) is 23.0 Å². The lowest BCUT2D eigenvalue weighted by atomic mass is 10.1. The first kappa shape index (κ1) is 14.8. The smallest absolute Gasteiger partial charge is 0.223 e. The Labute approximate surface area is 133 Å². The van der Waals surface area contributed by atoms with Gasteiger partial charge in [-0.25, -0.2) is 0 Å². The van der Waals surface area contributed by atoms with Crippen molar-refractivity contribution in [2.75, 3.05) is 31.1 Å². The first-order valence-electron chi connectivity index (χ1n) is 7.12. The monoisotopic (exact) mass is 317 g/mol. The zero-order chi connectivity index (χ0) is 15.5. The fourth-order valence-corrected chi connectivity index (χ4v) is 2.80. The van der Waals surface area contributed by atoms with Gasteiger partial charge in [-0.05, 0) is 18.2 Å². The van der Waals surface area contributed by atoms with E-state index in [-0.39, 0.29) is 0 Å². The molecule has 0 bridgehead atoms. The molecular formula is C15H16ClN5O. The van der Waals surface area contributed by atoms with Crippen LogP contribution in [0.15, 0.2) is 22.7 Å². The summed E-state index contributed by atoms with van der Waals surface area (Å²) in [5.41, 5.74) is 1.57. The highest BCUT2D eigenvalue weighted by Gasteiger charge is 2.20. The fraction of sp³-hybridized carbons (Fsp3) is 0.400. The second-order valence-corrected chi connectivity index (χ2v) is 5.70. The molecule has 3 rings (SSSR count). The molecule has 1 aliphatic heterocycles. The van der Waals surface area contributed by atoms with Crippen molar-refractivity contribution in [2.45, 2.75) is 13.5 Å². The van der Waals surface area contributed by atoms with Gasteiger partial charge in [0.1, 0.15) is 6.07 Å². The predicted octanol–water partition coefficient (Wildman–Crippen LogP) is 2.23. The molecule has 1 fully saturated rings. The predicted molar refractivity (Wildman–Crippen MR) is 82.7 cm³/mol. The van der Waals surface area contributed by atoms with Gasteiger partial charge in [0.05, 0.1) is 17.8 Å². The summed E-state index contributed by atoms with van der Waals surface area (Å²) in [6, 6.07) is 7.67. The van der Waals surface area contributed by atoms with E-state index in [1.54, 1.807) is 13.0 Å². The Bertz CT molecular complexity index is 700. The van der Waals surface area contributed by atoms with Crippen molar-refractivity contribution >= 4 is 17.3 Å². The maximum Gasteiger partial charge on any atom is 0.223 e. The van der Waals surface area contributed by atoms with E-state index in [1.165, 1.54) is 0 Å². The van der Waals surface area contributed by atoms with Gasteiger partial charge in [-0.2, -0.15) is 10.2 Å². The van der Waals surface area contributed by atoms with E-state index in [1.807, 2.05) is 12.1 Å². The van der Waals surface area contributed by atoms with Crippen molar-refractivity contribution in [3.63, 3.8) is 0 Å². The first-order valence-corrected chi connectivity index (χ1v) is 7.49. The number of aryl methyl sites for hydroxylation is 1. The average Bonchev–Trinajstić information content (AvgIpc) is 2.93. The highest BCUT2D eigenvalue weighted by molar-refractivity contribution is 6.30. The Hall–Kier alpha value is -2.10. The summed E-state index contributed by atoms with van der Waals surface area (Å²) in [4.78, 5) is 8.72. The third-order valence-electron chi connectivity index (χ3n) is 3.73. The fourth-order valence-electron chi connectivity index (χ4n) is 2.63. The molecule has 0 aliphatic carbocycles. The van der Waals surface area contributed by atoms with Crippen molar-refractivity contribution in [1.82, 2.24) is 15.0 Å². The third-order valence-corrected chi connectivity index (χ3v) is 3.96. The molecule has 2 heterocycles. The average molecular weight is 318 g/mol. The summed E-state index contributed by atoms with van der Waals surface area (Å²) in [5, 5.41) is 13.8. The van der Waals surface area contributed by atoms with Crippen LogP contribution >= 0.6 is 11.6 Å². The van der Waals surface area contributed by atoms with Crippen LogP contribution in [0.1, 0.15) is 17.3 Å². The van der Waals surface area contributed by atoms with Crippen molar-refractivity contribution in [2.24, 2.45) is 0 Å². The van der Waals surface area contributed by atoms with Crippen LogP contribution in [-0.4, -0.2) is 41.2 Å². The van der Waals surface area contributed by atoms with Crippen LogP contribution < -0.4 is 4.90 Å². The van der Waals surface area contributed by atoms with Gasteiger partial charge in [0.15, 0.2) is 5.82 Å². The molecule has 0 N–H and O–H groups in total. The second-order valence-electron chi connectivity index (χ2n) is 5.27. The van der Waals surface area contributed by atoms with Crippen LogP contribution in [0.3, 0.4) is 0 Å². The van der Waals surface area contributed by atoms with Crippen molar-refractivity contribution in [3.8, 4) is 6.07 Å². The number of benzene rings is 1. The van der Waals surface area contributed by atoms with Gasteiger partial charge in [-0.15, -0.1) is 0 Å². The summed E-state index contributed by atoms with van der Waals surface area (Å²) in [6.45, 7) is 5.97. The summed E-state index contributed by atoms with van der Waals surface area (Å²) >= 11 is 5.95. The summed E-state index contributed by atoms with van der Waals surface area (Å²) in [7, 11) is 0. The van der Waals surface area contributed by atoms with E-state index in [9.17, 15) is 5.26 Å². The van der Waals surface area contributed by atoms with E-state index in [2.05, 4.69) is 26.0 Å². The number of piperazine rings is 1. The molecule has 0 spiro atoms. The molecule has 1 aromatic carbocycles. The molecule has 1 aliphatic rings. The lowest BCUT2D eigenvalue weighted by Gasteiger charge is -2.35. The molecule has 0 atom stereocenters. The maximum atomic E-state index is 9.25. The summed E-state index contributed by atoms with van der Waals surface area (Å²) < 4.78 is 4.99. The van der Waals surface area contributed by atoms with Gasteiger partial charge in [-0.3, -0.25) is 4.90 Å². The zero-order valence-electron chi connectivity index (χ0n) is 12.3. The minimum Gasteiger partial charge on any atom is -0.368 e. The number of rotatable bonds is 3. The number of hydrogen-bond acceptors (Lipinski definition) is 6. The van der Waals surface area contributed by atoms with Gasteiger partial charge in [0, 0.05) is 38.1 Å². The summed E-state index contributed by atoms with van der Waals surface area (Å²) in [6.07, 6.45) is 0. The molecule has 2 aromatic rings. The minimum absolute atomic E-state index is 0.589. The molecule has 1 aromatic heterocycles. The third kappa shape index (κ3) is 3.21. The van der Waals surface area contributed by atoms with E-state index < -0.39 is 0 Å². The van der Waals surface area contributed by atoms with E-state index in [4.69, 9.17) is 16.1 Å². The standard InChI is InChI=1S/C15H16ClN5O/c1-11-18-15(19-22-11)10-20-4-6-21(7-5-20)14-3-2-13(16)8-12(14)9-17/h2-3,8H,4-7,10H2,1H3. The molecular weight excluding hydrogens is 302 g/mol. The largest absolute Gasteiger partial charge is 0.368 e. The Morgan fingerprint density at radius 2 is 2.09 bits per heavy atom. The van der Waals surface area contributed by atoms with Crippen LogP contribution in [0.25, 0.3) is 0 Å². The molecule has 1 saturated heterocycles. The molecule has 0 radical (unpaired) electrons. The van der Waals surface area contributed by atoms with Crippen molar-refractivity contribution < 1.29 is 4.52 Å². The van der Waals surface area contributed by atoms with Gasteiger partial charge in [0.2, 0.25) is 5.89 Å². The zero-order valence-corrected chi connectivity index (χ0v) is 13.0. The Kier molecular flexibility index (Phi) is 4.27. The molecule has 114 valence electrons. The van der Waals surface area contributed by atoms with Gasteiger partial charge < -0.3 is 9.42 Å². The Morgan fingerprint density at radius 1 is 1.32 bits per heavy atom. The van der Waals surface area contributed by atoms with Gasteiger partial charge in [0.25, 0.3) is 0 Å². The molecule has 0 unspecified atom stereocenters. The van der Waals surface area contributed by atoms with E-state index >= 15 is 0 Å². The molecule has 6 nitrogen and oxygen atoms in total. The topological polar surface area (TPSA) is 69.2 Å². The molecule has 22 heavy (non-hydrogen) atoms. The van der Waals surface area contributed by atoms with Crippen LogP contribution in [0.2, 0.25) is 5.02 Å². The normalized spacial score (nSPS) is 15.8. The number of aromatic nitrogens is 2. The molecule has 0 saturated carbocycles. The Morgan fingerprint density at radius 3 is 2.73 bits per heavy atom. The lowest BCUT2D eigenvalue weighted by Crippen LogP contribution is -2.46. The number of hydrogen-bond donors (Lipinski definition) is 0. The van der Waals surface area contributed by atoms with Crippen LogP contribution in [0.5, 0.6) is 0 Å². The van der Waals surface area contributed by atoms with Crippen LogP contribution in [-0.2, 0) is 6.54 Å². The Balaban J connectivity index is 1.63. The van der Waals surface area contributed by atoms with Gasteiger partial charge >= 0.3 is 0 Å².